The summed E-state index contributed by atoms with van der Waals surface area (Å²) in [6, 6.07) is 4.63. The van der Waals surface area contributed by atoms with Gasteiger partial charge in [-0.05, 0) is 31.2 Å². The molecule has 0 aliphatic heterocycles. The van der Waals surface area contributed by atoms with Crippen LogP contribution in [0.15, 0.2) is 29.4 Å². The van der Waals surface area contributed by atoms with E-state index >= 15 is 0 Å². The third kappa shape index (κ3) is 4.49. The third-order valence-corrected chi connectivity index (χ3v) is 2.99. The molecule has 0 unspecified atom stereocenters. The van der Waals surface area contributed by atoms with E-state index < -0.39 is 41.8 Å². The van der Waals surface area contributed by atoms with Crippen molar-refractivity contribution in [2.75, 3.05) is 0 Å². The number of phenols is 1. The van der Waals surface area contributed by atoms with Gasteiger partial charge in [0.1, 0.15) is 5.75 Å². The van der Waals surface area contributed by atoms with E-state index in [1.54, 1.807) is 5.43 Å². The van der Waals surface area contributed by atoms with Gasteiger partial charge in [-0.15, -0.1) is 0 Å². The number of halogens is 7. The van der Waals surface area contributed by atoms with Gasteiger partial charge < -0.3 is 5.11 Å². The third-order valence-electron chi connectivity index (χ3n) is 2.99. The zero-order valence-electron chi connectivity index (χ0n) is 12.9. The second-order valence-electron chi connectivity index (χ2n) is 5.08. The molecule has 144 valence electrons. The van der Waals surface area contributed by atoms with Gasteiger partial charge in [0.2, 0.25) is 5.78 Å². The van der Waals surface area contributed by atoms with E-state index in [4.69, 9.17) is 5.11 Å². The number of carbonyl (C=O) groups is 2. The quantitative estimate of drug-likeness (QED) is 0.446. The predicted molar refractivity (Wildman–Crippen MR) is 74.3 cm³/mol. The van der Waals surface area contributed by atoms with E-state index in [-0.39, 0.29) is 11.3 Å². The van der Waals surface area contributed by atoms with Crippen molar-refractivity contribution >= 4 is 17.4 Å². The number of nitrogens with zero attached hydrogens (tertiary/aromatic N) is 1. The molecule has 1 aromatic rings. The van der Waals surface area contributed by atoms with Crippen LogP contribution in [0.25, 0.3) is 0 Å². The maximum atomic E-state index is 13.2. The molecular weight excluding hydrogens is 377 g/mol. The Balaban J connectivity index is 2.81. The van der Waals surface area contributed by atoms with E-state index in [0.717, 1.165) is 19.1 Å². The summed E-state index contributed by atoms with van der Waals surface area (Å²) in [5, 5.41) is 12.2. The fourth-order valence-electron chi connectivity index (χ4n) is 1.56. The Morgan fingerprint density at radius 2 is 1.54 bits per heavy atom. The number of Topliss-reactive ketones (excluding diaryl/α,β-unsaturated/α-hetero) is 1. The highest BCUT2D eigenvalue weighted by Gasteiger charge is 2.75. The number of rotatable bonds is 6. The first-order valence-corrected chi connectivity index (χ1v) is 6.68. The summed E-state index contributed by atoms with van der Waals surface area (Å²) in [6.45, 7) is 0.872. The molecule has 5 nitrogen and oxygen atoms in total. The molecule has 0 saturated heterocycles. The molecular formula is C14H11F7N2O3. The van der Waals surface area contributed by atoms with Crippen LogP contribution in [-0.2, 0) is 4.79 Å². The van der Waals surface area contributed by atoms with Crippen LogP contribution in [-0.4, -0.2) is 40.5 Å². The minimum atomic E-state index is -6.62. The van der Waals surface area contributed by atoms with Crippen molar-refractivity contribution in [2.24, 2.45) is 5.10 Å². The first kappa shape index (κ1) is 21.4. The molecule has 0 saturated carbocycles. The number of nitrogens with one attached hydrogen (secondary N) is 1. The lowest BCUT2D eigenvalue weighted by atomic mass is 10.0. The van der Waals surface area contributed by atoms with Gasteiger partial charge in [0.05, 0.1) is 6.42 Å². The number of hydrazone groups is 1. The lowest BCUT2D eigenvalue weighted by Gasteiger charge is -2.26. The molecule has 0 heterocycles. The van der Waals surface area contributed by atoms with Crippen LogP contribution >= 0.6 is 0 Å². The van der Waals surface area contributed by atoms with Gasteiger partial charge in [-0.1, -0.05) is 0 Å². The average Bonchev–Trinajstić information content (AvgIpc) is 2.51. The molecule has 0 radical (unpaired) electrons. The number of aromatic hydroxyl groups is 1. The highest BCUT2D eigenvalue weighted by atomic mass is 19.4. The van der Waals surface area contributed by atoms with Gasteiger partial charge in [-0.2, -0.15) is 35.8 Å². The molecule has 2 N–H and O–H groups in total. The van der Waals surface area contributed by atoms with Crippen molar-refractivity contribution in [1.82, 2.24) is 5.43 Å². The maximum absolute atomic E-state index is 13.2. The number of alkyl halides is 7. The number of ketones is 1. The van der Waals surface area contributed by atoms with Crippen molar-refractivity contribution in [3.05, 3.63) is 29.8 Å². The first-order chi connectivity index (χ1) is 11.7. The molecule has 0 aliphatic rings. The number of amides is 1. The van der Waals surface area contributed by atoms with Crippen LogP contribution in [0.1, 0.15) is 23.7 Å². The van der Waals surface area contributed by atoms with Gasteiger partial charge >= 0.3 is 18.0 Å². The number of carbonyl (C=O) groups excluding carboxylic acids is 2. The highest BCUT2D eigenvalue weighted by molar-refractivity contribution is 6.05. The Morgan fingerprint density at radius 3 is 2.00 bits per heavy atom. The number of phenolic OH excluding ortho intramolecular Hbond substituents is 1. The van der Waals surface area contributed by atoms with E-state index in [1.807, 2.05) is 0 Å². The molecule has 0 aromatic heterocycles. The first-order valence-electron chi connectivity index (χ1n) is 6.68. The highest BCUT2D eigenvalue weighted by Crippen LogP contribution is 2.47. The van der Waals surface area contributed by atoms with E-state index in [1.165, 1.54) is 12.1 Å². The minimum Gasteiger partial charge on any atom is -0.508 e. The number of benzene rings is 1. The SMILES string of the molecule is C/C(CC(=O)C(F)(F)C(F)(F)C(F)(F)F)=N/NC(=O)c1ccc(O)cc1. The van der Waals surface area contributed by atoms with Gasteiger partial charge in [0.25, 0.3) is 5.91 Å². The second kappa shape index (κ2) is 7.30. The van der Waals surface area contributed by atoms with Crippen LogP contribution in [0.3, 0.4) is 0 Å². The summed E-state index contributed by atoms with van der Waals surface area (Å²) >= 11 is 0. The van der Waals surface area contributed by atoms with Gasteiger partial charge in [-0.25, -0.2) is 5.43 Å². The maximum Gasteiger partial charge on any atom is 0.460 e. The fraction of sp³-hybridized carbons (Fsp3) is 0.357. The van der Waals surface area contributed by atoms with Crippen LogP contribution < -0.4 is 5.43 Å². The molecule has 0 atom stereocenters. The summed E-state index contributed by atoms with van der Waals surface area (Å²) in [5.41, 5.74) is 1.15. The topological polar surface area (TPSA) is 78.8 Å². The fourth-order valence-corrected chi connectivity index (χ4v) is 1.56. The average molecular weight is 388 g/mol. The summed E-state index contributed by atoms with van der Waals surface area (Å²) in [5.74, 6) is -16.3. The number of hydrogen-bond acceptors (Lipinski definition) is 4. The molecule has 0 spiro atoms. The van der Waals surface area contributed by atoms with Gasteiger partial charge in [-0.3, -0.25) is 9.59 Å². The van der Waals surface area contributed by atoms with E-state index in [2.05, 4.69) is 5.10 Å². The summed E-state index contributed by atoms with van der Waals surface area (Å²) in [6.07, 6.45) is -8.17. The zero-order valence-corrected chi connectivity index (χ0v) is 12.9. The van der Waals surface area contributed by atoms with Crippen molar-refractivity contribution in [3.8, 4) is 5.75 Å². The van der Waals surface area contributed by atoms with E-state index in [0.29, 0.717) is 0 Å². The standard InChI is InChI=1S/C14H11F7N2O3/c1-7(22-23-11(26)8-2-4-9(24)5-3-8)6-10(25)12(15,16)13(17,18)14(19,20)21/h2-5,24H,6H2,1H3,(H,23,26)/b22-7-. The van der Waals surface area contributed by atoms with Gasteiger partial charge in [0, 0.05) is 11.3 Å². The lowest BCUT2D eigenvalue weighted by molar-refractivity contribution is -0.343. The van der Waals surface area contributed by atoms with Crippen molar-refractivity contribution in [1.29, 1.82) is 0 Å². The smallest absolute Gasteiger partial charge is 0.460 e. The van der Waals surface area contributed by atoms with E-state index in [9.17, 15) is 40.3 Å². The van der Waals surface area contributed by atoms with Crippen LogP contribution in [0.5, 0.6) is 5.75 Å². The molecule has 0 bridgehead atoms. The zero-order chi connectivity index (χ0) is 20.3. The Labute approximate surface area is 141 Å². The summed E-state index contributed by atoms with van der Waals surface area (Å²) in [4.78, 5) is 22.8. The van der Waals surface area contributed by atoms with Crippen molar-refractivity contribution in [2.45, 2.75) is 31.4 Å². The Hall–Kier alpha value is -2.66. The van der Waals surface area contributed by atoms with Crippen LogP contribution in [0.4, 0.5) is 30.7 Å². The molecule has 0 aliphatic carbocycles. The number of hydrogen-bond donors (Lipinski definition) is 2. The molecule has 12 heteroatoms. The van der Waals surface area contributed by atoms with Crippen molar-refractivity contribution in [3.63, 3.8) is 0 Å². The van der Waals surface area contributed by atoms with Crippen LogP contribution in [0.2, 0.25) is 0 Å². The summed E-state index contributed by atoms with van der Waals surface area (Å²) in [7, 11) is 0. The Morgan fingerprint density at radius 1 is 1.04 bits per heavy atom. The largest absolute Gasteiger partial charge is 0.508 e. The van der Waals surface area contributed by atoms with Crippen LogP contribution in [0, 0.1) is 0 Å². The lowest BCUT2D eigenvalue weighted by Crippen LogP contribution is -2.56. The molecule has 1 rings (SSSR count). The molecule has 1 aromatic carbocycles. The minimum absolute atomic E-state index is 0.0281. The second-order valence-corrected chi connectivity index (χ2v) is 5.08. The Kier molecular flexibility index (Phi) is 6.00. The molecule has 26 heavy (non-hydrogen) atoms. The van der Waals surface area contributed by atoms with Gasteiger partial charge in [0.15, 0.2) is 0 Å². The summed E-state index contributed by atoms with van der Waals surface area (Å²) < 4.78 is 87.9. The predicted octanol–water partition coefficient (Wildman–Crippen LogP) is 3.29. The van der Waals surface area contributed by atoms with Crippen molar-refractivity contribution < 1.29 is 45.4 Å². The molecule has 0 fully saturated rings. The normalized spacial score (nSPS) is 13.5. The molecule has 1 amide bonds. The Bertz CT molecular complexity index is 712. The monoisotopic (exact) mass is 388 g/mol.